The SMILES string of the molecule is c1cc2cc(-c3ccc(OC4CCCCO4)cc3)ccc2s1. The summed E-state index contributed by atoms with van der Waals surface area (Å²) in [6.45, 7) is 0.809. The van der Waals surface area contributed by atoms with E-state index in [1.807, 2.05) is 12.1 Å². The van der Waals surface area contributed by atoms with Crippen LogP contribution < -0.4 is 4.74 Å². The molecule has 4 rings (SSSR count). The number of ether oxygens (including phenoxy) is 2. The van der Waals surface area contributed by atoms with Crippen molar-refractivity contribution in [2.24, 2.45) is 0 Å². The maximum absolute atomic E-state index is 5.88. The molecule has 0 radical (unpaired) electrons. The average molecular weight is 310 g/mol. The number of hydrogen-bond acceptors (Lipinski definition) is 3. The van der Waals surface area contributed by atoms with Crippen molar-refractivity contribution in [2.75, 3.05) is 6.61 Å². The second-order valence-corrected chi connectivity index (χ2v) is 6.56. The van der Waals surface area contributed by atoms with Crippen molar-refractivity contribution >= 4 is 21.4 Å². The Kier molecular flexibility index (Phi) is 3.83. The highest BCUT2D eigenvalue weighted by molar-refractivity contribution is 7.17. The van der Waals surface area contributed by atoms with Crippen LogP contribution >= 0.6 is 11.3 Å². The van der Waals surface area contributed by atoms with Gasteiger partial charge in [0.2, 0.25) is 0 Å². The van der Waals surface area contributed by atoms with Crippen molar-refractivity contribution in [2.45, 2.75) is 25.6 Å². The largest absolute Gasteiger partial charge is 0.465 e. The van der Waals surface area contributed by atoms with E-state index in [4.69, 9.17) is 9.47 Å². The summed E-state index contributed by atoms with van der Waals surface area (Å²) in [5.41, 5.74) is 2.45. The van der Waals surface area contributed by atoms with E-state index >= 15 is 0 Å². The lowest BCUT2D eigenvalue weighted by Gasteiger charge is -2.23. The molecule has 2 aromatic carbocycles. The zero-order chi connectivity index (χ0) is 14.8. The Morgan fingerprint density at radius 2 is 1.82 bits per heavy atom. The molecule has 1 atom stereocenters. The molecule has 0 saturated carbocycles. The molecule has 0 spiro atoms. The van der Waals surface area contributed by atoms with Gasteiger partial charge < -0.3 is 9.47 Å². The summed E-state index contributed by atoms with van der Waals surface area (Å²) in [6.07, 6.45) is 3.23. The number of rotatable bonds is 3. The highest BCUT2D eigenvalue weighted by Gasteiger charge is 2.15. The summed E-state index contributed by atoms with van der Waals surface area (Å²) in [4.78, 5) is 0. The summed E-state index contributed by atoms with van der Waals surface area (Å²) in [5.74, 6) is 0.882. The maximum atomic E-state index is 5.88. The van der Waals surface area contributed by atoms with Crippen molar-refractivity contribution in [1.29, 1.82) is 0 Å². The monoisotopic (exact) mass is 310 g/mol. The van der Waals surface area contributed by atoms with Crippen molar-refractivity contribution in [3.05, 3.63) is 53.9 Å². The van der Waals surface area contributed by atoms with Crippen LogP contribution in [0.5, 0.6) is 5.75 Å². The molecular formula is C19H18O2S. The van der Waals surface area contributed by atoms with Gasteiger partial charge in [0.1, 0.15) is 5.75 Å². The molecule has 112 valence electrons. The van der Waals surface area contributed by atoms with Gasteiger partial charge in [-0.2, -0.15) is 0 Å². The zero-order valence-corrected chi connectivity index (χ0v) is 13.1. The standard InChI is InChI=1S/C19H18O2S/c1-2-11-20-19(3-1)21-17-7-4-14(5-8-17)15-6-9-18-16(13-15)10-12-22-18/h4-10,12-13,19H,1-3,11H2. The van der Waals surface area contributed by atoms with Gasteiger partial charge in [0, 0.05) is 11.1 Å². The van der Waals surface area contributed by atoms with Crippen LogP contribution in [0.15, 0.2) is 53.9 Å². The minimum Gasteiger partial charge on any atom is -0.465 e. The molecule has 1 saturated heterocycles. The summed E-state index contributed by atoms with van der Waals surface area (Å²) in [5, 5.41) is 3.44. The van der Waals surface area contributed by atoms with Crippen LogP contribution in [0.3, 0.4) is 0 Å². The maximum Gasteiger partial charge on any atom is 0.199 e. The van der Waals surface area contributed by atoms with Gasteiger partial charge >= 0.3 is 0 Å². The van der Waals surface area contributed by atoms with E-state index in [9.17, 15) is 0 Å². The molecule has 3 aromatic rings. The Morgan fingerprint density at radius 1 is 0.955 bits per heavy atom. The van der Waals surface area contributed by atoms with E-state index in [2.05, 4.69) is 41.8 Å². The van der Waals surface area contributed by atoms with Gasteiger partial charge in [-0.15, -0.1) is 11.3 Å². The molecule has 0 amide bonds. The topological polar surface area (TPSA) is 18.5 Å². The van der Waals surface area contributed by atoms with Gasteiger partial charge in [0.05, 0.1) is 6.61 Å². The van der Waals surface area contributed by atoms with Crippen molar-refractivity contribution < 1.29 is 9.47 Å². The molecule has 2 heterocycles. The molecular weight excluding hydrogens is 292 g/mol. The van der Waals surface area contributed by atoms with Gasteiger partial charge in [-0.1, -0.05) is 18.2 Å². The van der Waals surface area contributed by atoms with Crippen LogP contribution in [0, 0.1) is 0 Å². The minimum atomic E-state index is -0.0817. The van der Waals surface area contributed by atoms with E-state index in [-0.39, 0.29) is 6.29 Å². The Hall–Kier alpha value is -1.84. The van der Waals surface area contributed by atoms with E-state index in [1.54, 1.807) is 11.3 Å². The van der Waals surface area contributed by atoms with Gasteiger partial charge in [0.25, 0.3) is 0 Å². The fraction of sp³-hybridized carbons (Fsp3) is 0.263. The van der Waals surface area contributed by atoms with Gasteiger partial charge in [0.15, 0.2) is 6.29 Å². The van der Waals surface area contributed by atoms with Gasteiger partial charge in [-0.25, -0.2) is 0 Å². The van der Waals surface area contributed by atoms with Gasteiger partial charge in [-0.3, -0.25) is 0 Å². The lowest BCUT2D eigenvalue weighted by Crippen LogP contribution is -2.24. The molecule has 22 heavy (non-hydrogen) atoms. The van der Waals surface area contributed by atoms with E-state index in [0.29, 0.717) is 0 Å². The molecule has 1 aliphatic heterocycles. The molecule has 0 bridgehead atoms. The molecule has 0 aliphatic carbocycles. The molecule has 1 unspecified atom stereocenters. The quantitative estimate of drug-likeness (QED) is 0.638. The second kappa shape index (κ2) is 6.11. The van der Waals surface area contributed by atoms with Crippen LogP contribution in [0.25, 0.3) is 21.2 Å². The fourth-order valence-corrected chi connectivity index (χ4v) is 3.60. The van der Waals surface area contributed by atoms with E-state index in [1.165, 1.54) is 27.6 Å². The van der Waals surface area contributed by atoms with Crippen LogP contribution in [0.2, 0.25) is 0 Å². The number of thiophene rings is 1. The van der Waals surface area contributed by atoms with Crippen LogP contribution in [-0.2, 0) is 4.74 Å². The average Bonchev–Trinajstić information content (AvgIpc) is 3.04. The third-order valence-corrected chi connectivity index (χ3v) is 4.94. The third-order valence-electron chi connectivity index (χ3n) is 4.05. The number of hydrogen-bond donors (Lipinski definition) is 0. The molecule has 2 nitrogen and oxygen atoms in total. The third kappa shape index (κ3) is 2.87. The molecule has 1 aromatic heterocycles. The first-order valence-corrected chi connectivity index (χ1v) is 8.62. The number of fused-ring (bicyclic) bond motifs is 1. The van der Waals surface area contributed by atoms with E-state index in [0.717, 1.165) is 25.2 Å². The highest BCUT2D eigenvalue weighted by atomic mass is 32.1. The highest BCUT2D eigenvalue weighted by Crippen LogP contribution is 2.29. The Bertz CT molecular complexity index is 754. The summed E-state index contributed by atoms with van der Waals surface area (Å²) < 4.78 is 12.8. The second-order valence-electron chi connectivity index (χ2n) is 5.61. The van der Waals surface area contributed by atoms with Crippen molar-refractivity contribution in [3.63, 3.8) is 0 Å². The van der Waals surface area contributed by atoms with Crippen molar-refractivity contribution in [1.82, 2.24) is 0 Å². The molecule has 0 N–H and O–H groups in total. The summed E-state index contributed by atoms with van der Waals surface area (Å²) >= 11 is 1.78. The Balaban J connectivity index is 1.53. The summed E-state index contributed by atoms with van der Waals surface area (Å²) in [7, 11) is 0. The van der Waals surface area contributed by atoms with Crippen LogP contribution in [-0.4, -0.2) is 12.9 Å². The summed E-state index contributed by atoms with van der Waals surface area (Å²) in [6, 6.07) is 17.1. The number of benzene rings is 2. The predicted molar refractivity (Wildman–Crippen MR) is 91.5 cm³/mol. The normalized spacial score (nSPS) is 18.5. The molecule has 1 fully saturated rings. The van der Waals surface area contributed by atoms with Crippen LogP contribution in [0.1, 0.15) is 19.3 Å². The minimum absolute atomic E-state index is 0.0817. The van der Waals surface area contributed by atoms with E-state index < -0.39 is 0 Å². The molecule has 3 heteroatoms. The lowest BCUT2D eigenvalue weighted by molar-refractivity contribution is -0.105. The predicted octanol–water partition coefficient (Wildman–Crippen LogP) is 5.47. The first kappa shape index (κ1) is 13.8. The Morgan fingerprint density at radius 3 is 2.64 bits per heavy atom. The fourth-order valence-electron chi connectivity index (χ4n) is 2.83. The van der Waals surface area contributed by atoms with Crippen molar-refractivity contribution in [3.8, 4) is 16.9 Å². The lowest BCUT2D eigenvalue weighted by atomic mass is 10.0. The molecule has 1 aliphatic rings. The smallest absolute Gasteiger partial charge is 0.199 e. The van der Waals surface area contributed by atoms with Gasteiger partial charge in [-0.05, 0) is 65.1 Å². The zero-order valence-electron chi connectivity index (χ0n) is 12.3. The Labute approximate surface area is 134 Å². The first-order chi connectivity index (χ1) is 10.9. The van der Waals surface area contributed by atoms with Crippen LogP contribution in [0.4, 0.5) is 0 Å². The first-order valence-electron chi connectivity index (χ1n) is 7.74.